The second kappa shape index (κ2) is 5.66. The number of nitrogens with zero attached hydrogens (tertiary/aromatic N) is 2. The number of sulfonamides is 1. The molecule has 112 valence electrons. The monoisotopic (exact) mass is 328 g/mol. The molecule has 0 unspecified atom stereocenters. The molecule has 0 aliphatic rings. The van der Waals surface area contributed by atoms with Crippen LogP contribution in [0, 0.1) is 17.0 Å². The number of aromatic nitrogens is 1. The Morgan fingerprint density at radius 2 is 2.10 bits per heavy atom. The van der Waals surface area contributed by atoms with Gasteiger partial charge < -0.3 is 5.32 Å². The molecule has 2 heterocycles. The van der Waals surface area contributed by atoms with Crippen LogP contribution in [-0.4, -0.2) is 25.4 Å². The van der Waals surface area contributed by atoms with Gasteiger partial charge in [-0.15, -0.1) is 0 Å². The largest absolute Gasteiger partial charge is 0.374 e. The predicted octanol–water partition coefficient (Wildman–Crippen LogP) is 2.20. The van der Waals surface area contributed by atoms with E-state index in [2.05, 4.69) is 15.0 Å². The predicted molar refractivity (Wildman–Crippen MR) is 80.3 cm³/mol. The Hall–Kier alpha value is -2.20. The summed E-state index contributed by atoms with van der Waals surface area (Å²) in [7, 11) is -2.42. The van der Waals surface area contributed by atoms with Crippen molar-refractivity contribution in [3.63, 3.8) is 0 Å². The molecule has 0 atom stereocenters. The lowest BCUT2D eigenvalue weighted by Crippen LogP contribution is -2.12. The first-order valence-electron chi connectivity index (χ1n) is 5.75. The Balaban J connectivity index is 2.38. The molecule has 0 amide bonds. The third-order valence-corrected chi connectivity index (χ3v) is 5.50. The van der Waals surface area contributed by atoms with Crippen molar-refractivity contribution in [3.05, 3.63) is 40.1 Å². The maximum absolute atomic E-state index is 12.2. The third kappa shape index (κ3) is 3.28. The zero-order valence-electron chi connectivity index (χ0n) is 11.2. The van der Waals surface area contributed by atoms with E-state index in [-0.39, 0.29) is 20.7 Å². The van der Waals surface area contributed by atoms with Gasteiger partial charge >= 0.3 is 5.69 Å². The molecule has 2 aromatic heterocycles. The second-order valence-electron chi connectivity index (χ2n) is 4.11. The maximum atomic E-state index is 12.2. The van der Waals surface area contributed by atoms with Gasteiger partial charge in [0.25, 0.3) is 10.0 Å². The van der Waals surface area contributed by atoms with E-state index < -0.39 is 14.9 Å². The number of thiophene rings is 1. The number of hydrogen-bond donors (Lipinski definition) is 2. The van der Waals surface area contributed by atoms with Crippen molar-refractivity contribution in [2.45, 2.75) is 11.1 Å². The molecule has 0 spiro atoms. The summed E-state index contributed by atoms with van der Waals surface area (Å²) in [5.41, 5.74) is 0.566. The van der Waals surface area contributed by atoms with Gasteiger partial charge in [0.1, 0.15) is 10.0 Å². The molecule has 0 bridgehead atoms. The SMILES string of the molecule is CNc1sc(S(=O)(=O)Nc2cc(C)ccn2)cc1[N+](=O)[O-]. The molecule has 0 aliphatic heterocycles. The van der Waals surface area contributed by atoms with Crippen LogP contribution in [0.2, 0.25) is 0 Å². The molecule has 0 aromatic carbocycles. The van der Waals surface area contributed by atoms with Gasteiger partial charge in [0, 0.05) is 19.3 Å². The average molecular weight is 328 g/mol. The number of nitrogens with one attached hydrogen (secondary N) is 2. The molecule has 2 aromatic rings. The standard InChI is InChI=1S/C11H12N4O4S2/c1-7-3-4-13-9(5-7)14-21(18,19)10-6-8(15(16)17)11(12-2)20-10/h3-6,12H,1-2H3,(H,13,14). The number of pyridine rings is 1. The highest BCUT2D eigenvalue weighted by molar-refractivity contribution is 7.94. The third-order valence-electron chi connectivity index (χ3n) is 2.53. The van der Waals surface area contributed by atoms with Crippen LogP contribution in [-0.2, 0) is 10.0 Å². The fourth-order valence-corrected chi connectivity index (χ4v) is 3.87. The maximum Gasteiger partial charge on any atom is 0.304 e. The molecular formula is C11H12N4O4S2. The van der Waals surface area contributed by atoms with Crippen LogP contribution in [0.25, 0.3) is 0 Å². The van der Waals surface area contributed by atoms with Crippen molar-refractivity contribution >= 4 is 37.9 Å². The summed E-state index contributed by atoms with van der Waals surface area (Å²) in [6, 6.07) is 4.32. The minimum absolute atomic E-state index is 0.151. The Kier molecular flexibility index (Phi) is 4.09. The van der Waals surface area contributed by atoms with E-state index in [1.165, 1.54) is 13.2 Å². The smallest absolute Gasteiger partial charge is 0.304 e. The Bertz CT molecular complexity index is 785. The van der Waals surface area contributed by atoms with E-state index in [1.807, 2.05) is 0 Å². The minimum Gasteiger partial charge on any atom is -0.374 e. The zero-order valence-corrected chi connectivity index (χ0v) is 12.8. The fraction of sp³-hybridized carbons (Fsp3) is 0.182. The zero-order chi connectivity index (χ0) is 15.6. The van der Waals surface area contributed by atoms with Crippen molar-refractivity contribution in [1.29, 1.82) is 0 Å². The van der Waals surface area contributed by atoms with Gasteiger partial charge in [-0.2, -0.15) is 0 Å². The first kappa shape index (κ1) is 15.2. The van der Waals surface area contributed by atoms with Crippen LogP contribution >= 0.6 is 11.3 Å². The van der Waals surface area contributed by atoms with Gasteiger partial charge in [-0.3, -0.25) is 14.8 Å². The van der Waals surface area contributed by atoms with Crippen LogP contribution in [0.5, 0.6) is 0 Å². The molecule has 10 heteroatoms. The van der Waals surface area contributed by atoms with Crippen molar-refractivity contribution < 1.29 is 13.3 Å². The van der Waals surface area contributed by atoms with E-state index >= 15 is 0 Å². The van der Waals surface area contributed by atoms with E-state index in [0.717, 1.165) is 23.0 Å². The molecule has 2 N–H and O–H groups in total. The molecular weight excluding hydrogens is 316 g/mol. The van der Waals surface area contributed by atoms with Crippen LogP contribution in [0.3, 0.4) is 0 Å². The van der Waals surface area contributed by atoms with Crippen LogP contribution in [0.15, 0.2) is 28.6 Å². The summed E-state index contributed by atoms with van der Waals surface area (Å²) in [4.78, 5) is 14.1. The number of aryl methyl sites for hydroxylation is 1. The number of hydrogen-bond acceptors (Lipinski definition) is 7. The molecule has 0 aliphatic carbocycles. The highest BCUT2D eigenvalue weighted by Gasteiger charge is 2.26. The molecule has 0 saturated carbocycles. The highest BCUT2D eigenvalue weighted by Crippen LogP contribution is 2.37. The number of anilines is 2. The Morgan fingerprint density at radius 1 is 1.38 bits per heavy atom. The Morgan fingerprint density at radius 3 is 2.62 bits per heavy atom. The summed E-state index contributed by atoms with van der Waals surface area (Å²) < 4.78 is 26.6. The van der Waals surface area contributed by atoms with Crippen molar-refractivity contribution in [2.24, 2.45) is 0 Å². The van der Waals surface area contributed by atoms with Gasteiger partial charge in [-0.05, 0) is 24.6 Å². The number of nitro groups is 1. The summed E-state index contributed by atoms with van der Waals surface area (Å²) in [5, 5.41) is 13.7. The van der Waals surface area contributed by atoms with Crippen LogP contribution < -0.4 is 10.0 Å². The lowest BCUT2D eigenvalue weighted by Gasteiger charge is -2.05. The van der Waals surface area contributed by atoms with E-state index in [9.17, 15) is 18.5 Å². The van der Waals surface area contributed by atoms with E-state index in [4.69, 9.17) is 0 Å². The summed E-state index contributed by atoms with van der Waals surface area (Å²) in [6.45, 7) is 1.80. The van der Waals surface area contributed by atoms with Gasteiger partial charge in [0.2, 0.25) is 0 Å². The summed E-state index contributed by atoms with van der Waals surface area (Å²) in [6.07, 6.45) is 1.48. The molecule has 0 saturated heterocycles. The van der Waals surface area contributed by atoms with E-state index in [0.29, 0.717) is 0 Å². The van der Waals surface area contributed by atoms with E-state index in [1.54, 1.807) is 19.1 Å². The van der Waals surface area contributed by atoms with Crippen molar-refractivity contribution in [2.75, 3.05) is 17.1 Å². The summed E-state index contributed by atoms with van der Waals surface area (Å²) >= 11 is 0.787. The molecule has 2 rings (SSSR count). The average Bonchev–Trinajstić information content (AvgIpc) is 2.83. The molecule has 8 nitrogen and oxygen atoms in total. The van der Waals surface area contributed by atoms with Gasteiger partial charge in [-0.25, -0.2) is 13.4 Å². The first-order valence-corrected chi connectivity index (χ1v) is 8.05. The van der Waals surface area contributed by atoms with Crippen molar-refractivity contribution in [1.82, 2.24) is 4.98 Å². The lowest BCUT2D eigenvalue weighted by molar-refractivity contribution is -0.383. The fourth-order valence-electron chi connectivity index (χ4n) is 1.59. The Labute approximate surface area is 125 Å². The van der Waals surface area contributed by atoms with Crippen molar-refractivity contribution in [3.8, 4) is 0 Å². The normalized spacial score (nSPS) is 11.1. The minimum atomic E-state index is -3.91. The quantitative estimate of drug-likeness (QED) is 0.642. The van der Waals surface area contributed by atoms with Gasteiger partial charge in [0.15, 0.2) is 5.00 Å². The van der Waals surface area contributed by atoms with Crippen LogP contribution in [0.1, 0.15) is 5.56 Å². The lowest BCUT2D eigenvalue weighted by atomic mass is 10.3. The summed E-state index contributed by atoms with van der Waals surface area (Å²) in [5.74, 6) is 0.164. The van der Waals surface area contributed by atoms with Crippen LogP contribution in [0.4, 0.5) is 16.5 Å². The molecule has 21 heavy (non-hydrogen) atoms. The topological polar surface area (TPSA) is 114 Å². The van der Waals surface area contributed by atoms with Gasteiger partial charge in [0.05, 0.1) is 4.92 Å². The molecule has 0 radical (unpaired) electrons. The second-order valence-corrected chi connectivity index (χ2v) is 7.07. The molecule has 0 fully saturated rings. The van der Waals surface area contributed by atoms with Gasteiger partial charge in [-0.1, -0.05) is 11.3 Å². The highest BCUT2D eigenvalue weighted by atomic mass is 32.2. The number of rotatable bonds is 5. The first-order chi connectivity index (χ1) is 9.83.